The molecule has 1 aromatic heterocycles. The number of fused-ring (bicyclic) bond motifs is 1. The summed E-state index contributed by atoms with van der Waals surface area (Å²) in [6.07, 6.45) is 0. The van der Waals surface area contributed by atoms with Gasteiger partial charge in [0.25, 0.3) is 5.91 Å². The summed E-state index contributed by atoms with van der Waals surface area (Å²) in [7, 11) is 1.94. The first-order valence-electron chi connectivity index (χ1n) is 8.77. The van der Waals surface area contributed by atoms with Crippen molar-refractivity contribution in [1.29, 1.82) is 0 Å². The molecule has 0 atom stereocenters. The molecule has 1 heterocycles. The molecule has 0 unspecified atom stereocenters. The van der Waals surface area contributed by atoms with Crippen molar-refractivity contribution in [1.82, 2.24) is 4.57 Å². The molecule has 4 nitrogen and oxygen atoms in total. The van der Waals surface area contributed by atoms with Gasteiger partial charge in [0, 0.05) is 42.4 Å². The molecule has 0 bridgehead atoms. The molecule has 3 aromatic rings. The second-order valence-electron chi connectivity index (χ2n) is 6.22. The van der Waals surface area contributed by atoms with Gasteiger partial charge in [-0.25, -0.2) is 0 Å². The van der Waals surface area contributed by atoms with E-state index < -0.39 is 0 Å². The maximum Gasteiger partial charge on any atom is 0.272 e. The van der Waals surface area contributed by atoms with Crippen molar-refractivity contribution in [2.24, 2.45) is 7.05 Å². The summed E-state index contributed by atoms with van der Waals surface area (Å²) in [5, 5.41) is 4.14. The van der Waals surface area contributed by atoms with Crippen LogP contribution >= 0.6 is 0 Å². The lowest BCUT2D eigenvalue weighted by atomic mass is 10.1. The number of hydrogen-bond donors (Lipinski definition) is 1. The van der Waals surface area contributed by atoms with E-state index in [2.05, 4.69) is 42.3 Å². The number of hydrogen-bond acceptors (Lipinski definition) is 2. The Hall–Kier alpha value is -2.75. The maximum atomic E-state index is 12.8. The van der Waals surface area contributed by atoms with Crippen molar-refractivity contribution in [3.8, 4) is 0 Å². The molecule has 0 aliphatic rings. The SMILES string of the molecule is CCN(CC)c1ccc(NC(=O)c2c(C)c3ccccc3n2C)cc1. The fourth-order valence-electron chi connectivity index (χ4n) is 3.44. The molecular weight excluding hydrogens is 310 g/mol. The Morgan fingerprint density at radius 3 is 2.28 bits per heavy atom. The van der Waals surface area contributed by atoms with E-state index in [0.717, 1.165) is 35.2 Å². The molecule has 3 rings (SSSR count). The van der Waals surface area contributed by atoms with Crippen LogP contribution < -0.4 is 10.2 Å². The third-order valence-electron chi connectivity index (χ3n) is 4.83. The maximum absolute atomic E-state index is 12.8. The van der Waals surface area contributed by atoms with E-state index in [4.69, 9.17) is 0 Å². The molecule has 0 aliphatic carbocycles. The quantitative estimate of drug-likeness (QED) is 0.741. The molecule has 0 radical (unpaired) electrons. The van der Waals surface area contributed by atoms with Crippen LogP contribution in [-0.4, -0.2) is 23.6 Å². The number of para-hydroxylation sites is 1. The lowest BCUT2D eigenvalue weighted by Gasteiger charge is -2.21. The molecule has 2 aromatic carbocycles. The van der Waals surface area contributed by atoms with Crippen molar-refractivity contribution in [2.45, 2.75) is 20.8 Å². The van der Waals surface area contributed by atoms with Crippen molar-refractivity contribution < 1.29 is 4.79 Å². The number of aryl methyl sites for hydroxylation is 2. The van der Waals surface area contributed by atoms with Gasteiger partial charge in [-0.2, -0.15) is 0 Å². The average Bonchev–Trinajstić information content (AvgIpc) is 2.89. The molecule has 0 saturated heterocycles. The van der Waals surface area contributed by atoms with Crippen LogP contribution in [0.1, 0.15) is 29.9 Å². The highest BCUT2D eigenvalue weighted by Crippen LogP contribution is 2.25. The third-order valence-corrected chi connectivity index (χ3v) is 4.83. The van der Waals surface area contributed by atoms with Crippen LogP contribution in [0.3, 0.4) is 0 Å². The predicted octanol–water partition coefficient (Wildman–Crippen LogP) is 4.59. The van der Waals surface area contributed by atoms with E-state index in [9.17, 15) is 4.79 Å². The lowest BCUT2D eigenvalue weighted by Crippen LogP contribution is -2.21. The van der Waals surface area contributed by atoms with Crippen LogP contribution in [0.5, 0.6) is 0 Å². The van der Waals surface area contributed by atoms with Crippen LogP contribution in [0.25, 0.3) is 10.9 Å². The van der Waals surface area contributed by atoms with Gasteiger partial charge in [0.2, 0.25) is 0 Å². The molecule has 0 spiro atoms. The fourth-order valence-corrected chi connectivity index (χ4v) is 3.44. The number of rotatable bonds is 5. The second kappa shape index (κ2) is 7.01. The molecule has 0 fully saturated rings. The molecule has 130 valence electrons. The molecule has 0 saturated carbocycles. The first kappa shape index (κ1) is 17.1. The summed E-state index contributed by atoms with van der Waals surface area (Å²) in [5.41, 5.74) is 4.76. The molecule has 25 heavy (non-hydrogen) atoms. The summed E-state index contributed by atoms with van der Waals surface area (Å²) in [6, 6.07) is 16.1. The Labute approximate surface area is 149 Å². The first-order chi connectivity index (χ1) is 12.1. The second-order valence-corrected chi connectivity index (χ2v) is 6.22. The summed E-state index contributed by atoms with van der Waals surface area (Å²) in [6.45, 7) is 8.22. The van der Waals surface area contributed by atoms with Gasteiger partial charge in [-0.3, -0.25) is 4.79 Å². The summed E-state index contributed by atoms with van der Waals surface area (Å²) < 4.78 is 1.96. The van der Waals surface area contributed by atoms with Gasteiger partial charge >= 0.3 is 0 Å². The van der Waals surface area contributed by atoms with Crippen LogP contribution in [0, 0.1) is 6.92 Å². The lowest BCUT2D eigenvalue weighted by molar-refractivity contribution is 0.101. The third kappa shape index (κ3) is 3.12. The average molecular weight is 335 g/mol. The largest absolute Gasteiger partial charge is 0.372 e. The minimum Gasteiger partial charge on any atom is -0.372 e. The minimum atomic E-state index is -0.0770. The van der Waals surface area contributed by atoms with Gasteiger partial charge in [-0.15, -0.1) is 0 Å². The summed E-state index contributed by atoms with van der Waals surface area (Å²) in [4.78, 5) is 15.1. The topological polar surface area (TPSA) is 37.3 Å². The van der Waals surface area contributed by atoms with Gasteiger partial charge in [-0.1, -0.05) is 18.2 Å². The van der Waals surface area contributed by atoms with Crippen molar-refractivity contribution in [3.63, 3.8) is 0 Å². The van der Waals surface area contributed by atoms with Gasteiger partial charge < -0.3 is 14.8 Å². The number of nitrogens with zero attached hydrogens (tertiary/aromatic N) is 2. The molecule has 0 aliphatic heterocycles. The Balaban J connectivity index is 1.86. The number of carbonyl (C=O) groups is 1. The van der Waals surface area contributed by atoms with Crippen molar-refractivity contribution in [3.05, 3.63) is 59.8 Å². The van der Waals surface area contributed by atoms with Crippen LogP contribution in [0.15, 0.2) is 48.5 Å². The Morgan fingerprint density at radius 1 is 1.04 bits per heavy atom. The van der Waals surface area contributed by atoms with E-state index in [1.807, 2.05) is 48.9 Å². The van der Waals surface area contributed by atoms with Crippen LogP contribution in [-0.2, 0) is 7.05 Å². The van der Waals surface area contributed by atoms with Crippen LogP contribution in [0.2, 0.25) is 0 Å². The van der Waals surface area contributed by atoms with E-state index >= 15 is 0 Å². The number of nitrogens with one attached hydrogen (secondary N) is 1. The predicted molar refractivity (Wildman–Crippen MR) is 106 cm³/mol. The van der Waals surface area contributed by atoms with Gasteiger partial charge in [0.15, 0.2) is 0 Å². The van der Waals surface area contributed by atoms with Crippen molar-refractivity contribution in [2.75, 3.05) is 23.3 Å². The minimum absolute atomic E-state index is 0.0770. The fraction of sp³-hybridized carbons (Fsp3) is 0.286. The Kier molecular flexibility index (Phi) is 4.79. The number of carbonyl (C=O) groups excluding carboxylic acids is 1. The highest BCUT2D eigenvalue weighted by Gasteiger charge is 2.18. The van der Waals surface area contributed by atoms with Gasteiger partial charge in [0.05, 0.1) is 0 Å². The Bertz CT molecular complexity index is 850. The highest BCUT2D eigenvalue weighted by atomic mass is 16.1. The number of aromatic nitrogens is 1. The van der Waals surface area contributed by atoms with Crippen LogP contribution in [0.4, 0.5) is 11.4 Å². The van der Waals surface area contributed by atoms with E-state index in [1.165, 1.54) is 5.69 Å². The first-order valence-corrected chi connectivity index (χ1v) is 8.77. The zero-order valence-corrected chi connectivity index (χ0v) is 15.3. The summed E-state index contributed by atoms with van der Waals surface area (Å²) in [5.74, 6) is -0.0770. The summed E-state index contributed by atoms with van der Waals surface area (Å²) >= 11 is 0. The number of amides is 1. The standard InChI is InChI=1S/C21H25N3O/c1-5-24(6-2)17-13-11-16(12-14-17)22-21(25)20-15(3)18-9-7-8-10-19(18)23(20)4/h7-14H,5-6H2,1-4H3,(H,22,25). The highest BCUT2D eigenvalue weighted by molar-refractivity contribution is 6.08. The number of benzene rings is 2. The smallest absolute Gasteiger partial charge is 0.272 e. The van der Waals surface area contributed by atoms with E-state index in [1.54, 1.807) is 0 Å². The number of anilines is 2. The monoisotopic (exact) mass is 335 g/mol. The zero-order chi connectivity index (χ0) is 18.0. The molecule has 1 N–H and O–H groups in total. The van der Waals surface area contributed by atoms with Gasteiger partial charge in [-0.05, 0) is 56.7 Å². The Morgan fingerprint density at radius 2 is 1.68 bits per heavy atom. The van der Waals surface area contributed by atoms with E-state index in [-0.39, 0.29) is 5.91 Å². The molecule has 1 amide bonds. The van der Waals surface area contributed by atoms with Gasteiger partial charge in [0.1, 0.15) is 5.69 Å². The normalized spacial score (nSPS) is 10.9. The van der Waals surface area contributed by atoms with E-state index in [0.29, 0.717) is 5.69 Å². The molecule has 4 heteroatoms. The van der Waals surface area contributed by atoms with Crippen molar-refractivity contribution >= 4 is 28.2 Å². The zero-order valence-electron chi connectivity index (χ0n) is 15.3. The molecular formula is C21H25N3O.